The first kappa shape index (κ1) is 12.3. The second-order valence-electron chi connectivity index (χ2n) is 4.99. The SMILES string of the molecule is O=C([C@H]1COc2ccccc2O1)N1CC[C@H](CO)C1. The average molecular weight is 263 g/mol. The molecule has 0 radical (unpaired) electrons. The van der Waals surface area contributed by atoms with Gasteiger partial charge >= 0.3 is 0 Å². The summed E-state index contributed by atoms with van der Waals surface area (Å²) in [7, 11) is 0. The smallest absolute Gasteiger partial charge is 0.267 e. The van der Waals surface area contributed by atoms with Crippen LogP contribution in [0.4, 0.5) is 0 Å². The van der Waals surface area contributed by atoms with Gasteiger partial charge in [-0.3, -0.25) is 4.79 Å². The molecule has 0 saturated carbocycles. The average Bonchev–Trinajstić information content (AvgIpc) is 2.95. The van der Waals surface area contributed by atoms with E-state index in [9.17, 15) is 4.79 Å². The van der Waals surface area contributed by atoms with Gasteiger partial charge in [-0.05, 0) is 18.6 Å². The largest absolute Gasteiger partial charge is 0.485 e. The number of aliphatic hydroxyl groups is 1. The molecule has 1 aromatic rings. The zero-order valence-corrected chi connectivity index (χ0v) is 10.6. The fourth-order valence-electron chi connectivity index (χ4n) is 2.53. The van der Waals surface area contributed by atoms with Crippen LogP contribution < -0.4 is 9.47 Å². The zero-order chi connectivity index (χ0) is 13.2. The van der Waals surface area contributed by atoms with Crippen molar-refractivity contribution in [3.8, 4) is 11.5 Å². The van der Waals surface area contributed by atoms with E-state index in [1.807, 2.05) is 18.2 Å². The summed E-state index contributed by atoms with van der Waals surface area (Å²) in [6.07, 6.45) is 0.277. The van der Waals surface area contributed by atoms with Crippen molar-refractivity contribution in [1.29, 1.82) is 0 Å². The molecule has 1 saturated heterocycles. The van der Waals surface area contributed by atoms with Gasteiger partial charge in [0.2, 0.25) is 6.10 Å². The molecule has 2 heterocycles. The maximum Gasteiger partial charge on any atom is 0.267 e. The Morgan fingerprint density at radius 1 is 1.37 bits per heavy atom. The molecular formula is C14H17NO4. The minimum atomic E-state index is -0.577. The minimum absolute atomic E-state index is 0.0505. The number of rotatable bonds is 2. The summed E-state index contributed by atoms with van der Waals surface area (Å²) in [6.45, 7) is 1.67. The predicted octanol–water partition coefficient (Wildman–Crippen LogP) is 0.667. The van der Waals surface area contributed by atoms with Crippen LogP contribution in [-0.2, 0) is 4.79 Å². The number of benzene rings is 1. The van der Waals surface area contributed by atoms with E-state index in [2.05, 4.69) is 0 Å². The molecule has 0 spiro atoms. The van der Waals surface area contributed by atoms with Gasteiger partial charge in [-0.15, -0.1) is 0 Å². The molecule has 5 heteroatoms. The molecule has 0 aromatic heterocycles. The normalized spacial score (nSPS) is 25.4. The number of hydrogen-bond donors (Lipinski definition) is 1. The molecule has 1 N–H and O–H groups in total. The highest BCUT2D eigenvalue weighted by molar-refractivity contribution is 5.82. The third-order valence-corrected chi connectivity index (χ3v) is 3.64. The van der Waals surface area contributed by atoms with Crippen LogP contribution in [0, 0.1) is 5.92 Å². The first-order chi connectivity index (χ1) is 9.28. The van der Waals surface area contributed by atoms with Crippen molar-refractivity contribution in [3.05, 3.63) is 24.3 Å². The number of carbonyl (C=O) groups excluding carboxylic acids is 1. The Kier molecular flexibility index (Phi) is 3.29. The molecule has 3 rings (SSSR count). The van der Waals surface area contributed by atoms with E-state index in [0.717, 1.165) is 6.42 Å². The lowest BCUT2D eigenvalue weighted by molar-refractivity contribution is -0.140. The molecular weight excluding hydrogens is 246 g/mol. The molecule has 1 amide bonds. The van der Waals surface area contributed by atoms with Crippen molar-refractivity contribution in [2.45, 2.75) is 12.5 Å². The first-order valence-electron chi connectivity index (χ1n) is 6.56. The third-order valence-electron chi connectivity index (χ3n) is 3.64. The summed E-state index contributed by atoms with van der Waals surface area (Å²) < 4.78 is 11.2. The van der Waals surface area contributed by atoms with Crippen LogP contribution >= 0.6 is 0 Å². The number of para-hydroxylation sites is 2. The molecule has 2 aliphatic heterocycles. The lowest BCUT2D eigenvalue weighted by Crippen LogP contribution is -2.45. The van der Waals surface area contributed by atoms with Crippen molar-refractivity contribution < 1.29 is 19.4 Å². The topological polar surface area (TPSA) is 59.0 Å². The van der Waals surface area contributed by atoms with Crippen LogP contribution in [0.2, 0.25) is 0 Å². The van der Waals surface area contributed by atoms with E-state index in [0.29, 0.717) is 24.6 Å². The molecule has 0 aliphatic carbocycles. The minimum Gasteiger partial charge on any atom is -0.485 e. The van der Waals surface area contributed by atoms with E-state index >= 15 is 0 Å². The molecule has 2 atom stereocenters. The summed E-state index contributed by atoms with van der Waals surface area (Å²) in [4.78, 5) is 14.1. The van der Waals surface area contributed by atoms with Gasteiger partial charge in [-0.25, -0.2) is 0 Å². The van der Waals surface area contributed by atoms with Crippen LogP contribution in [0.3, 0.4) is 0 Å². The van der Waals surface area contributed by atoms with E-state index in [-0.39, 0.29) is 25.0 Å². The number of aliphatic hydroxyl groups excluding tert-OH is 1. The van der Waals surface area contributed by atoms with Gasteiger partial charge in [0.1, 0.15) is 6.61 Å². The Balaban J connectivity index is 1.66. The summed E-state index contributed by atoms with van der Waals surface area (Å²) in [5.74, 6) is 1.44. The molecule has 0 bridgehead atoms. The zero-order valence-electron chi connectivity index (χ0n) is 10.6. The molecule has 5 nitrogen and oxygen atoms in total. The molecule has 0 unspecified atom stereocenters. The molecule has 1 fully saturated rings. The Bertz CT molecular complexity index is 476. The number of hydrogen-bond acceptors (Lipinski definition) is 4. The van der Waals surface area contributed by atoms with Crippen LogP contribution in [0.15, 0.2) is 24.3 Å². The van der Waals surface area contributed by atoms with Gasteiger partial charge in [0, 0.05) is 25.6 Å². The van der Waals surface area contributed by atoms with Crippen LogP contribution in [0.25, 0.3) is 0 Å². The van der Waals surface area contributed by atoms with E-state index in [1.54, 1.807) is 11.0 Å². The second-order valence-corrected chi connectivity index (χ2v) is 4.99. The van der Waals surface area contributed by atoms with Gasteiger partial charge in [-0.2, -0.15) is 0 Å². The lowest BCUT2D eigenvalue weighted by Gasteiger charge is -2.28. The van der Waals surface area contributed by atoms with Crippen LogP contribution in [-0.4, -0.2) is 48.3 Å². The Labute approximate surface area is 111 Å². The summed E-state index contributed by atoms with van der Waals surface area (Å²) in [5.41, 5.74) is 0. The third kappa shape index (κ3) is 2.38. The maximum absolute atomic E-state index is 12.3. The highest BCUT2D eigenvalue weighted by Gasteiger charge is 2.34. The maximum atomic E-state index is 12.3. The number of ether oxygens (including phenoxy) is 2. The number of carbonyl (C=O) groups is 1. The van der Waals surface area contributed by atoms with Crippen molar-refractivity contribution in [1.82, 2.24) is 4.90 Å². The van der Waals surface area contributed by atoms with Gasteiger partial charge in [-0.1, -0.05) is 12.1 Å². The van der Waals surface area contributed by atoms with E-state index in [1.165, 1.54) is 0 Å². The summed E-state index contributed by atoms with van der Waals surface area (Å²) in [5, 5.41) is 9.11. The monoisotopic (exact) mass is 263 g/mol. The van der Waals surface area contributed by atoms with Gasteiger partial charge in [0.15, 0.2) is 11.5 Å². The fourth-order valence-corrected chi connectivity index (χ4v) is 2.53. The highest BCUT2D eigenvalue weighted by Crippen LogP contribution is 2.31. The Hall–Kier alpha value is -1.75. The van der Waals surface area contributed by atoms with Crippen LogP contribution in [0.5, 0.6) is 11.5 Å². The van der Waals surface area contributed by atoms with E-state index < -0.39 is 6.10 Å². The Morgan fingerprint density at radius 2 is 2.16 bits per heavy atom. The van der Waals surface area contributed by atoms with E-state index in [4.69, 9.17) is 14.6 Å². The van der Waals surface area contributed by atoms with Gasteiger partial charge < -0.3 is 19.5 Å². The number of fused-ring (bicyclic) bond motifs is 1. The summed E-state index contributed by atoms with van der Waals surface area (Å²) >= 11 is 0. The number of amides is 1. The van der Waals surface area contributed by atoms with Crippen molar-refractivity contribution in [2.75, 3.05) is 26.3 Å². The van der Waals surface area contributed by atoms with Crippen LogP contribution in [0.1, 0.15) is 6.42 Å². The predicted molar refractivity (Wildman–Crippen MR) is 68.1 cm³/mol. The van der Waals surface area contributed by atoms with Crippen molar-refractivity contribution in [2.24, 2.45) is 5.92 Å². The van der Waals surface area contributed by atoms with Gasteiger partial charge in [0.25, 0.3) is 5.91 Å². The highest BCUT2D eigenvalue weighted by atomic mass is 16.6. The lowest BCUT2D eigenvalue weighted by atomic mass is 10.1. The first-order valence-corrected chi connectivity index (χ1v) is 6.56. The molecule has 1 aromatic carbocycles. The number of nitrogens with zero attached hydrogens (tertiary/aromatic N) is 1. The standard InChI is InChI=1S/C14H17NO4/c16-8-10-5-6-15(7-10)14(17)13-9-18-11-3-1-2-4-12(11)19-13/h1-4,10,13,16H,5-9H2/t10-,13+/m0/s1. The summed E-state index contributed by atoms with van der Waals surface area (Å²) in [6, 6.07) is 7.35. The fraction of sp³-hybridized carbons (Fsp3) is 0.500. The quantitative estimate of drug-likeness (QED) is 0.852. The van der Waals surface area contributed by atoms with Gasteiger partial charge in [0.05, 0.1) is 0 Å². The molecule has 2 aliphatic rings. The van der Waals surface area contributed by atoms with Crippen molar-refractivity contribution >= 4 is 5.91 Å². The van der Waals surface area contributed by atoms with Crippen molar-refractivity contribution in [3.63, 3.8) is 0 Å². The number of likely N-dealkylation sites (tertiary alicyclic amines) is 1. The molecule has 19 heavy (non-hydrogen) atoms. The molecule has 102 valence electrons. The Morgan fingerprint density at radius 3 is 2.89 bits per heavy atom. The second kappa shape index (κ2) is 5.09.